The Morgan fingerprint density at radius 2 is 1.97 bits per heavy atom. The largest absolute Gasteiger partial charge is 0.522 e. The van der Waals surface area contributed by atoms with Crippen LogP contribution in [0.3, 0.4) is 0 Å². The number of nitrogens with one attached hydrogen (secondary N) is 1. The molecule has 0 spiro atoms. The number of rotatable bonds is 7. The molecule has 1 aliphatic heterocycles. The second kappa shape index (κ2) is 7.63. The van der Waals surface area contributed by atoms with Crippen molar-refractivity contribution in [2.75, 3.05) is 13.2 Å². The molecule has 2 amide bonds. The van der Waals surface area contributed by atoms with Crippen LogP contribution in [0.5, 0.6) is 5.75 Å². The van der Waals surface area contributed by atoms with Gasteiger partial charge in [0.2, 0.25) is 0 Å². The van der Waals surface area contributed by atoms with Crippen molar-refractivity contribution in [2.45, 2.75) is 61.8 Å². The number of cyclic esters (lactones) is 1. The third-order valence-corrected chi connectivity index (χ3v) is 7.34. The molecule has 0 unspecified atom stereocenters. The molecule has 33 heavy (non-hydrogen) atoms. The third-order valence-electron chi connectivity index (χ3n) is 7.03. The van der Waals surface area contributed by atoms with Crippen LogP contribution >= 0.6 is 11.6 Å². The number of hydrogen-bond donors (Lipinski definition) is 1. The summed E-state index contributed by atoms with van der Waals surface area (Å²) in [7, 11) is 0. The van der Waals surface area contributed by atoms with Crippen LogP contribution in [0, 0.1) is 11.7 Å². The second-order valence-electron chi connectivity index (χ2n) is 9.40. The Morgan fingerprint density at radius 1 is 1.27 bits per heavy atom. The summed E-state index contributed by atoms with van der Waals surface area (Å²) in [5.41, 5.74) is -0.795. The van der Waals surface area contributed by atoms with E-state index in [-0.39, 0.29) is 47.6 Å². The van der Waals surface area contributed by atoms with Crippen LogP contribution in [0.25, 0.3) is 0 Å². The first-order valence-corrected chi connectivity index (χ1v) is 11.0. The summed E-state index contributed by atoms with van der Waals surface area (Å²) >= 11 is 5.61. The van der Waals surface area contributed by atoms with Gasteiger partial charge in [0, 0.05) is 17.5 Å². The molecule has 4 aliphatic carbocycles. The van der Waals surface area contributed by atoms with E-state index in [0.29, 0.717) is 25.8 Å². The molecule has 0 radical (unpaired) electrons. The van der Waals surface area contributed by atoms with Gasteiger partial charge in [0.1, 0.15) is 17.7 Å². The predicted octanol–water partition coefficient (Wildman–Crippen LogP) is 3.79. The third kappa shape index (κ3) is 4.21. The van der Waals surface area contributed by atoms with Gasteiger partial charge in [-0.15, -0.1) is 13.2 Å². The summed E-state index contributed by atoms with van der Waals surface area (Å²) in [6.45, 7) is 0.0456. The minimum absolute atomic E-state index is 0.0413. The highest BCUT2D eigenvalue weighted by Crippen LogP contribution is 2.64. The van der Waals surface area contributed by atoms with Crippen LogP contribution < -0.4 is 10.1 Å². The zero-order chi connectivity index (χ0) is 23.6. The molecular formula is C21H21ClF4N2O5. The monoisotopic (exact) mass is 492 g/mol. The fraction of sp³-hybridized carbons (Fsp3) is 0.619. The van der Waals surface area contributed by atoms with E-state index in [9.17, 15) is 27.2 Å². The Hall–Kier alpha value is -2.27. The molecule has 12 heteroatoms. The van der Waals surface area contributed by atoms with Gasteiger partial charge in [-0.3, -0.25) is 14.4 Å². The first-order valence-electron chi connectivity index (χ1n) is 10.6. The molecule has 1 heterocycles. The number of alkyl halides is 3. The molecule has 2 bridgehead atoms. The molecule has 1 atom stereocenters. The Kier molecular flexibility index (Phi) is 5.20. The number of nitrogens with zero attached hydrogens (tertiary/aromatic N) is 1. The minimum Gasteiger partial charge on any atom is -0.484 e. The van der Waals surface area contributed by atoms with E-state index in [1.807, 2.05) is 0 Å². The van der Waals surface area contributed by atoms with E-state index in [2.05, 4.69) is 10.1 Å². The fourth-order valence-electron chi connectivity index (χ4n) is 5.51. The van der Waals surface area contributed by atoms with Crippen LogP contribution in [0.15, 0.2) is 18.2 Å². The lowest BCUT2D eigenvalue weighted by Gasteiger charge is -2.72. The van der Waals surface area contributed by atoms with Gasteiger partial charge < -0.3 is 14.8 Å². The smallest absolute Gasteiger partial charge is 0.484 e. The van der Waals surface area contributed by atoms with E-state index in [4.69, 9.17) is 21.1 Å². The van der Waals surface area contributed by atoms with Crippen LogP contribution in [0.1, 0.15) is 32.1 Å². The van der Waals surface area contributed by atoms with Crippen molar-refractivity contribution in [3.05, 3.63) is 29.0 Å². The van der Waals surface area contributed by atoms with Crippen LogP contribution in [-0.2, 0) is 14.3 Å². The van der Waals surface area contributed by atoms with E-state index < -0.39 is 36.0 Å². The predicted molar refractivity (Wildman–Crippen MR) is 105 cm³/mol. The number of amides is 2. The first-order chi connectivity index (χ1) is 15.5. The summed E-state index contributed by atoms with van der Waals surface area (Å²) in [6.07, 6.45) is -4.32. The summed E-state index contributed by atoms with van der Waals surface area (Å²) in [5, 5.41) is 2.87. The van der Waals surface area contributed by atoms with Crippen molar-refractivity contribution in [3.63, 3.8) is 0 Å². The lowest BCUT2D eigenvalue weighted by atomic mass is 9.43. The van der Waals surface area contributed by atoms with E-state index in [0.717, 1.165) is 6.07 Å². The summed E-state index contributed by atoms with van der Waals surface area (Å²) in [6, 6.07) is 3.90. The maximum atomic E-state index is 13.4. The van der Waals surface area contributed by atoms with Gasteiger partial charge >= 0.3 is 12.5 Å². The lowest BCUT2D eigenvalue weighted by Crippen LogP contribution is -2.84. The van der Waals surface area contributed by atoms with Crippen molar-refractivity contribution in [1.82, 2.24) is 10.2 Å². The normalized spacial score (nSPS) is 34.6. The van der Waals surface area contributed by atoms with Gasteiger partial charge in [0.15, 0.2) is 6.61 Å². The molecule has 5 fully saturated rings. The topological polar surface area (TPSA) is 77.1 Å². The first kappa shape index (κ1) is 22.5. The molecular weight excluding hydrogens is 472 g/mol. The van der Waals surface area contributed by atoms with Crippen molar-refractivity contribution >= 4 is 23.6 Å². The second-order valence-corrected chi connectivity index (χ2v) is 9.80. The Bertz CT molecular complexity index is 964. The number of ether oxygens (including phenoxy) is 3. The molecule has 7 nitrogen and oxygen atoms in total. The zero-order valence-corrected chi connectivity index (χ0v) is 18.0. The molecule has 6 rings (SSSR count). The number of carbonyl (C=O) groups is 2. The minimum atomic E-state index is -4.66. The Labute approximate surface area is 191 Å². The van der Waals surface area contributed by atoms with Gasteiger partial charge in [0.05, 0.1) is 23.2 Å². The molecule has 180 valence electrons. The maximum absolute atomic E-state index is 13.4. The van der Waals surface area contributed by atoms with Gasteiger partial charge in [-0.05, 0) is 44.2 Å². The van der Waals surface area contributed by atoms with Crippen molar-refractivity contribution in [2.24, 2.45) is 5.92 Å². The summed E-state index contributed by atoms with van der Waals surface area (Å²) in [5.74, 6) is -0.962. The highest BCUT2D eigenvalue weighted by atomic mass is 35.5. The quantitative estimate of drug-likeness (QED) is 0.586. The lowest BCUT2D eigenvalue weighted by molar-refractivity contribution is -0.355. The van der Waals surface area contributed by atoms with Crippen LogP contribution in [-0.4, -0.2) is 59.7 Å². The van der Waals surface area contributed by atoms with E-state index >= 15 is 0 Å². The molecule has 5 aliphatic rings. The summed E-state index contributed by atoms with van der Waals surface area (Å²) in [4.78, 5) is 26.3. The summed E-state index contributed by atoms with van der Waals surface area (Å²) < 4.78 is 65.0. The number of halogens is 5. The van der Waals surface area contributed by atoms with Gasteiger partial charge in [-0.2, -0.15) is 0 Å². The standard InChI is InChI=1S/C21H21ClF4N2O5/c22-14-2-1-12(5-15(14)23)31-7-17(29)27-19-8-20(9-19,10-19)28-6-16(32-18(28)30)11-3-13(4-11)33-21(24,25)26/h1-2,5,11,13,16H,3-4,6-10H2,(H,27,29)/t11-,13+,16-,19?,20?/m0/s1. The number of hydrogen-bond acceptors (Lipinski definition) is 5. The average Bonchev–Trinajstić information content (AvgIpc) is 3.01. The van der Waals surface area contributed by atoms with Crippen LogP contribution in [0.4, 0.5) is 22.4 Å². The molecule has 1 N–H and O–H groups in total. The maximum Gasteiger partial charge on any atom is 0.522 e. The van der Waals surface area contributed by atoms with Gasteiger partial charge in [-0.1, -0.05) is 11.6 Å². The zero-order valence-electron chi connectivity index (χ0n) is 17.3. The average molecular weight is 493 g/mol. The molecule has 1 aromatic rings. The van der Waals surface area contributed by atoms with E-state index in [1.165, 1.54) is 12.1 Å². The Balaban J connectivity index is 1.06. The van der Waals surface area contributed by atoms with Gasteiger partial charge in [-0.25, -0.2) is 9.18 Å². The molecule has 4 saturated carbocycles. The number of carbonyl (C=O) groups excluding carboxylic acids is 2. The molecule has 1 saturated heterocycles. The number of benzene rings is 1. The fourth-order valence-corrected chi connectivity index (χ4v) is 5.63. The highest BCUT2D eigenvalue weighted by Gasteiger charge is 2.73. The van der Waals surface area contributed by atoms with Crippen molar-refractivity contribution < 1.29 is 41.4 Å². The van der Waals surface area contributed by atoms with Gasteiger partial charge in [0.25, 0.3) is 5.91 Å². The van der Waals surface area contributed by atoms with Crippen molar-refractivity contribution in [1.29, 1.82) is 0 Å². The Morgan fingerprint density at radius 3 is 2.61 bits per heavy atom. The SMILES string of the molecule is O=C(COc1ccc(Cl)c(F)c1)NC12CC(N3C[C@@H]([C@H]4C[C@@H](OC(F)(F)F)C4)OC3=O)(C1)C2. The highest BCUT2D eigenvalue weighted by molar-refractivity contribution is 6.30. The van der Waals surface area contributed by atoms with Crippen LogP contribution in [0.2, 0.25) is 5.02 Å². The molecule has 1 aromatic carbocycles. The van der Waals surface area contributed by atoms with E-state index in [1.54, 1.807) is 4.90 Å². The van der Waals surface area contributed by atoms with Crippen molar-refractivity contribution in [3.8, 4) is 5.75 Å². The molecule has 0 aromatic heterocycles.